The van der Waals surface area contributed by atoms with Gasteiger partial charge in [0.15, 0.2) is 0 Å². The van der Waals surface area contributed by atoms with E-state index in [1.165, 1.54) is 30.7 Å². The van der Waals surface area contributed by atoms with Crippen LogP contribution in [0.3, 0.4) is 0 Å². The van der Waals surface area contributed by atoms with Crippen molar-refractivity contribution in [2.75, 3.05) is 20.1 Å². The second-order valence-corrected chi connectivity index (χ2v) is 6.26. The van der Waals surface area contributed by atoms with Crippen molar-refractivity contribution >= 4 is 22.9 Å². The van der Waals surface area contributed by atoms with Gasteiger partial charge >= 0.3 is 0 Å². The Morgan fingerprint density at radius 1 is 1.44 bits per heavy atom. The summed E-state index contributed by atoms with van der Waals surface area (Å²) in [4.78, 5) is 3.83. The minimum Gasteiger partial charge on any atom is -0.317 e. The Morgan fingerprint density at radius 3 is 3.06 bits per heavy atom. The normalized spacial score (nSPS) is 22.3. The molecule has 16 heavy (non-hydrogen) atoms. The minimum absolute atomic E-state index is 0.718. The number of thiophene rings is 1. The molecule has 0 amide bonds. The molecule has 0 bridgehead atoms. The molecule has 0 aliphatic carbocycles. The Hall–Kier alpha value is -0.0900. The van der Waals surface area contributed by atoms with Gasteiger partial charge < -0.3 is 5.32 Å². The first-order valence-corrected chi connectivity index (χ1v) is 7.10. The highest BCUT2D eigenvalue weighted by atomic mass is 35.5. The van der Waals surface area contributed by atoms with Crippen LogP contribution in [-0.4, -0.2) is 31.1 Å². The fraction of sp³-hybridized carbons (Fsp3) is 0.667. The van der Waals surface area contributed by atoms with Crippen LogP contribution in [-0.2, 0) is 6.54 Å². The maximum atomic E-state index is 5.95. The van der Waals surface area contributed by atoms with Gasteiger partial charge in [-0.3, -0.25) is 4.90 Å². The summed E-state index contributed by atoms with van der Waals surface area (Å²) in [7, 11) is 2.23. The van der Waals surface area contributed by atoms with Crippen LogP contribution in [0.25, 0.3) is 0 Å². The predicted octanol–water partition coefficient (Wildman–Crippen LogP) is 2.98. The second-order valence-electron chi connectivity index (χ2n) is 4.46. The average molecular weight is 259 g/mol. The number of hydrogen-bond donors (Lipinski definition) is 1. The summed E-state index contributed by atoms with van der Waals surface area (Å²) in [5, 5.41) is 3.45. The van der Waals surface area contributed by atoms with Gasteiger partial charge in [-0.2, -0.15) is 0 Å². The molecule has 1 N–H and O–H groups in total. The molecule has 1 aliphatic rings. The van der Waals surface area contributed by atoms with Crippen LogP contribution in [0, 0.1) is 0 Å². The maximum Gasteiger partial charge on any atom is 0.0931 e. The molecule has 4 heteroatoms. The number of nitrogens with one attached hydrogen (secondary N) is 1. The van der Waals surface area contributed by atoms with Gasteiger partial charge in [-0.15, -0.1) is 11.3 Å². The van der Waals surface area contributed by atoms with E-state index in [-0.39, 0.29) is 0 Å². The third-order valence-corrected chi connectivity index (χ3v) is 4.42. The van der Waals surface area contributed by atoms with Crippen LogP contribution in [0.15, 0.2) is 12.1 Å². The Bertz CT molecular complexity index is 319. The molecule has 1 saturated heterocycles. The second kappa shape index (κ2) is 6.01. The van der Waals surface area contributed by atoms with Crippen molar-refractivity contribution in [1.82, 2.24) is 10.2 Å². The molecule has 0 saturated carbocycles. The Morgan fingerprint density at radius 2 is 2.31 bits per heavy atom. The first-order valence-electron chi connectivity index (χ1n) is 5.91. The minimum atomic E-state index is 0.718. The summed E-state index contributed by atoms with van der Waals surface area (Å²) in [5.74, 6) is 0. The lowest BCUT2D eigenvalue weighted by atomic mass is 10.1. The largest absolute Gasteiger partial charge is 0.317 e. The van der Waals surface area contributed by atoms with Crippen molar-refractivity contribution in [3.63, 3.8) is 0 Å². The molecule has 2 nitrogen and oxygen atoms in total. The molecule has 1 aliphatic heterocycles. The fourth-order valence-corrected chi connectivity index (χ4v) is 3.40. The molecule has 1 aromatic rings. The highest BCUT2D eigenvalue weighted by molar-refractivity contribution is 7.16. The predicted molar refractivity (Wildman–Crippen MR) is 71.3 cm³/mol. The van der Waals surface area contributed by atoms with E-state index in [0.29, 0.717) is 0 Å². The van der Waals surface area contributed by atoms with Crippen molar-refractivity contribution in [2.24, 2.45) is 0 Å². The third kappa shape index (κ3) is 3.45. The highest BCUT2D eigenvalue weighted by Crippen LogP contribution is 2.24. The van der Waals surface area contributed by atoms with Crippen LogP contribution < -0.4 is 5.32 Å². The van der Waals surface area contributed by atoms with E-state index in [9.17, 15) is 0 Å². The smallest absolute Gasteiger partial charge is 0.0931 e. The van der Waals surface area contributed by atoms with E-state index in [2.05, 4.69) is 23.3 Å². The zero-order valence-electron chi connectivity index (χ0n) is 9.71. The zero-order chi connectivity index (χ0) is 11.4. The van der Waals surface area contributed by atoms with E-state index in [1.54, 1.807) is 11.3 Å². The first-order chi connectivity index (χ1) is 7.75. The average Bonchev–Trinajstić information content (AvgIpc) is 2.56. The molecule has 90 valence electrons. The number of rotatable bonds is 3. The molecule has 1 fully saturated rings. The highest BCUT2D eigenvalue weighted by Gasteiger charge is 2.17. The standard InChI is InChI=1S/C12H19ClN2S/c1-15(9-11-4-5-12(13)16-11)10-3-2-7-14-8-6-10/h4-5,10,14H,2-3,6-9H2,1H3. The van der Waals surface area contributed by atoms with Crippen LogP contribution in [0.4, 0.5) is 0 Å². The van der Waals surface area contributed by atoms with Gasteiger partial charge in [0.2, 0.25) is 0 Å². The van der Waals surface area contributed by atoms with Gasteiger partial charge in [-0.25, -0.2) is 0 Å². The lowest BCUT2D eigenvalue weighted by Crippen LogP contribution is -2.31. The zero-order valence-corrected chi connectivity index (χ0v) is 11.3. The lowest BCUT2D eigenvalue weighted by Gasteiger charge is -2.26. The number of halogens is 1. The molecular weight excluding hydrogens is 240 g/mol. The summed E-state index contributed by atoms with van der Waals surface area (Å²) in [6, 6.07) is 4.85. The topological polar surface area (TPSA) is 15.3 Å². The van der Waals surface area contributed by atoms with Crippen LogP contribution in [0.2, 0.25) is 4.34 Å². The van der Waals surface area contributed by atoms with Crippen molar-refractivity contribution in [3.05, 3.63) is 21.3 Å². The molecule has 0 radical (unpaired) electrons. The molecule has 1 unspecified atom stereocenters. The summed E-state index contributed by atoms with van der Waals surface area (Å²) in [6.45, 7) is 3.36. The molecule has 0 aromatic carbocycles. The van der Waals surface area contributed by atoms with Crippen molar-refractivity contribution in [1.29, 1.82) is 0 Å². The van der Waals surface area contributed by atoms with Gasteiger partial charge in [0.25, 0.3) is 0 Å². The summed E-state index contributed by atoms with van der Waals surface area (Å²) in [6.07, 6.45) is 3.86. The number of hydrogen-bond acceptors (Lipinski definition) is 3. The van der Waals surface area contributed by atoms with Crippen LogP contribution >= 0.6 is 22.9 Å². The fourth-order valence-electron chi connectivity index (χ4n) is 2.25. The van der Waals surface area contributed by atoms with E-state index in [1.807, 2.05) is 6.07 Å². The lowest BCUT2D eigenvalue weighted by molar-refractivity contribution is 0.218. The summed E-state index contributed by atoms with van der Waals surface area (Å²) in [5.41, 5.74) is 0. The SMILES string of the molecule is CN(Cc1ccc(Cl)s1)C1CCCNCC1. The van der Waals surface area contributed by atoms with E-state index >= 15 is 0 Å². The maximum absolute atomic E-state index is 5.95. The van der Waals surface area contributed by atoms with Crippen molar-refractivity contribution < 1.29 is 0 Å². The molecule has 1 aromatic heterocycles. The third-order valence-electron chi connectivity index (χ3n) is 3.20. The van der Waals surface area contributed by atoms with Crippen molar-refractivity contribution in [2.45, 2.75) is 31.8 Å². The van der Waals surface area contributed by atoms with Gasteiger partial charge in [-0.05, 0) is 51.5 Å². The van der Waals surface area contributed by atoms with E-state index < -0.39 is 0 Å². The van der Waals surface area contributed by atoms with Crippen LogP contribution in [0.5, 0.6) is 0 Å². The monoisotopic (exact) mass is 258 g/mol. The van der Waals surface area contributed by atoms with Gasteiger partial charge in [0.05, 0.1) is 4.34 Å². The van der Waals surface area contributed by atoms with Crippen molar-refractivity contribution in [3.8, 4) is 0 Å². The van der Waals surface area contributed by atoms with E-state index in [0.717, 1.165) is 23.5 Å². The first kappa shape index (κ1) is 12.4. The van der Waals surface area contributed by atoms with Crippen LogP contribution in [0.1, 0.15) is 24.1 Å². The quantitative estimate of drug-likeness (QED) is 0.897. The van der Waals surface area contributed by atoms with Gasteiger partial charge in [0, 0.05) is 17.5 Å². The van der Waals surface area contributed by atoms with E-state index in [4.69, 9.17) is 11.6 Å². The Balaban J connectivity index is 1.88. The van der Waals surface area contributed by atoms with Gasteiger partial charge in [0.1, 0.15) is 0 Å². The summed E-state index contributed by atoms with van der Waals surface area (Å²) >= 11 is 7.64. The Kier molecular flexibility index (Phi) is 4.65. The summed E-state index contributed by atoms with van der Waals surface area (Å²) < 4.78 is 0.894. The molecule has 1 atom stereocenters. The molecule has 0 spiro atoms. The number of nitrogens with zero attached hydrogens (tertiary/aromatic N) is 1. The molecular formula is C12H19ClN2S. The Labute approximate surface area is 107 Å². The van der Waals surface area contributed by atoms with Gasteiger partial charge in [-0.1, -0.05) is 11.6 Å². The molecule has 2 heterocycles. The molecule has 2 rings (SSSR count).